The molecule has 0 amide bonds. The highest BCUT2D eigenvalue weighted by molar-refractivity contribution is 5.99. The van der Waals surface area contributed by atoms with E-state index in [1.165, 1.54) is 6.92 Å². The van der Waals surface area contributed by atoms with Crippen LogP contribution in [0.5, 0.6) is 0 Å². The van der Waals surface area contributed by atoms with Crippen LogP contribution in [0.15, 0.2) is 18.2 Å². The van der Waals surface area contributed by atoms with Gasteiger partial charge in [0.25, 0.3) is 0 Å². The third kappa shape index (κ3) is 4.54. The molecule has 0 unspecified atom stereocenters. The first-order chi connectivity index (χ1) is 9.10. The van der Waals surface area contributed by atoms with E-state index in [9.17, 15) is 4.79 Å². The number of nitrogens with two attached hydrogens (primary N) is 1. The average Bonchev–Trinajstić information content (AvgIpc) is 2.38. The number of methoxy groups -OCH3 is 2. The molecule has 0 bridgehead atoms. The van der Waals surface area contributed by atoms with E-state index in [-0.39, 0.29) is 5.78 Å². The molecule has 5 heteroatoms. The van der Waals surface area contributed by atoms with Crippen LogP contribution in [0.3, 0.4) is 0 Å². The Balaban J connectivity index is 2.88. The van der Waals surface area contributed by atoms with E-state index in [1.54, 1.807) is 20.3 Å². The molecular formula is C14H22N2O3. The van der Waals surface area contributed by atoms with Gasteiger partial charge in [-0.05, 0) is 25.1 Å². The normalized spacial score (nSPS) is 10.5. The summed E-state index contributed by atoms with van der Waals surface area (Å²) in [7, 11) is 3.34. The van der Waals surface area contributed by atoms with Gasteiger partial charge in [0.2, 0.25) is 0 Å². The lowest BCUT2D eigenvalue weighted by Gasteiger charge is -2.24. The Morgan fingerprint density at radius 1 is 1.21 bits per heavy atom. The second kappa shape index (κ2) is 7.76. The van der Waals surface area contributed by atoms with E-state index >= 15 is 0 Å². The summed E-state index contributed by atoms with van der Waals surface area (Å²) in [5.74, 6) is -0.0237. The van der Waals surface area contributed by atoms with Gasteiger partial charge in [-0.15, -0.1) is 0 Å². The second-order valence-corrected chi connectivity index (χ2v) is 4.30. The monoisotopic (exact) mass is 266 g/mol. The van der Waals surface area contributed by atoms with Crippen LogP contribution in [0, 0.1) is 0 Å². The van der Waals surface area contributed by atoms with Gasteiger partial charge >= 0.3 is 0 Å². The Morgan fingerprint density at radius 3 is 2.21 bits per heavy atom. The minimum atomic E-state index is -0.0237. The van der Waals surface area contributed by atoms with Crippen molar-refractivity contribution in [2.24, 2.45) is 0 Å². The lowest BCUT2D eigenvalue weighted by Crippen LogP contribution is -2.30. The van der Waals surface area contributed by atoms with Gasteiger partial charge in [-0.25, -0.2) is 0 Å². The third-order valence-corrected chi connectivity index (χ3v) is 2.91. The minimum absolute atomic E-state index is 0.0237. The summed E-state index contributed by atoms with van der Waals surface area (Å²) in [4.78, 5) is 13.5. The second-order valence-electron chi connectivity index (χ2n) is 4.30. The predicted molar refractivity (Wildman–Crippen MR) is 76.8 cm³/mol. The Kier molecular flexibility index (Phi) is 6.32. The minimum Gasteiger partial charge on any atom is -0.398 e. The molecule has 0 aromatic heterocycles. The molecule has 5 nitrogen and oxygen atoms in total. The van der Waals surface area contributed by atoms with Crippen molar-refractivity contribution >= 4 is 17.2 Å². The number of benzene rings is 1. The molecule has 2 N–H and O–H groups in total. The Labute approximate surface area is 114 Å². The average molecular weight is 266 g/mol. The predicted octanol–water partition coefficient (Wildman–Crippen LogP) is 1.57. The molecule has 0 heterocycles. The zero-order valence-corrected chi connectivity index (χ0v) is 11.8. The van der Waals surface area contributed by atoms with Gasteiger partial charge in [-0.2, -0.15) is 0 Å². The molecule has 0 saturated carbocycles. The van der Waals surface area contributed by atoms with Crippen LogP contribution in [0.4, 0.5) is 11.4 Å². The molecule has 0 saturated heterocycles. The third-order valence-electron chi connectivity index (χ3n) is 2.91. The highest BCUT2D eigenvalue weighted by atomic mass is 16.5. The van der Waals surface area contributed by atoms with Gasteiger partial charge in [0.1, 0.15) is 0 Å². The van der Waals surface area contributed by atoms with Gasteiger partial charge in [-0.3, -0.25) is 4.79 Å². The van der Waals surface area contributed by atoms with Gasteiger partial charge < -0.3 is 20.1 Å². The molecule has 0 aliphatic heterocycles. The molecule has 1 aromatic rings. The maximum atomic E-state index is 11.4. The fourth-order valence-corrected chi connectivity index (χ4v) is 1.84. The zero-order chi connectivity index (χ0) is 14.3. The van der Waals surface area contributed by atoms with Crippen molar-refractivity contribution in [3.63, 3.8) is 0 Å². The van der Waals surface area contributed by atoms with Gasteiger partial charge in [0.05, 0.1) is 13.2 Å². The molecule has 1 rings (SSSR count). The standard InChI is InChI=1S/C14H22N2O3/c1-11(17)13-5-4-12(10-14(13)15)16(6-8-18-2)7-9-19-3/h4-5,10H,6-9,15H2,1-3H3. The molecule has 0 radical (unpaired) electrons. The largest absolute Gasteiger partial charge is 0.398 e. The number of hydrogen-bond acceptors (Lipinski definition) is 5. The van der Waals surface area contributed by atoms with Crippen molar-refractivity contribution in [1.82, 2.24) is 0 Å². The van der Waals surface area contributed by atoms with Crippen LogP contribution in [0.1, 0.15) is 17.3 Å². The number of ketones is 1. The summed E-state index contributed by atoms with van der Waals surface area (Å²) in [6, 6.07) is 5.49. The Bertz CT molecular complexity index is 413. The topological polar surface area (TPSA) is 64.8 Å². The molecule has 1 aromatic carbocycles. The summed E-state index contributed by atoms with van der Waals surface area (Å²) in [6.07, 6.45) is 0. The summed E-state index contributed by atoms with van der Waals surface area (Å²) in [6.45, 7) is 4.26. The molecule has 0 fully saturated rings. The van der Waals surface area contributed by atoms with E-state index in [0.29, 0.717) is 24.5 Å². The van der Waals surface area contributed by atoms with Crippen LogP contribution in [-0.2, 0) is 9.47 Å². The van der Waals surface area contributed by atoms with E-state index in [1.807, 2.05) is 12.1 Å². The van der Waals surface area contributed by atoms with Crippen LogP contribution < -0.4 is 10.6 Å². The number of hydrogen-bond donors (Lipinski definition) is 1. The molecule has 106 valence electrons. The van der Waals surface area contributed by atoms with Crippen LogP contribution >= 0.6 is 0 Å². The highest BCUT2D eigenvalue weighted by Crippen LogP contribution is 2.21. The van der Waals surface area contributed by atoms with Crippen LogP contribution in [-0.4, -0.2) is 46.3 Å². The number of nitrogen functional groups attached to an aromatic ring is 1. The van der Waals surface area contributed by atoms with Crippen LogP contribution in [0.2, 0.25) is 0 Å². The molecule has 0 atom stereocenters. The van der Waals surface area contributed by atoms with Crippen molar-refractivity contribution in [2.45, 2.75) is 6.92 Å². The van der Waals surface area contributed by atoms with Gasteiger partial charge in [0, 0.05) is 44.2 Å². The van der Waals surface area contributed by atoms with Crippen LogP contribution in [0.25, 0.3) is 0 Å². The van der Waals surface area contributed by atoms with Crippen molar-refractivity contribution in [1.29, 1.82) is 0 Å². The van der Waals surface area contributed by atoms with Crippen molar-refractivity contribution in [3.05, 3.63) is 23.8 Å². The van der Waals surface area contributed by atoms with E-state index < -0.39 is 0 Å². The smallest absolute Gasteiger partial charge is 0.161 e. The number of rotatable bonds is 8. The Morgan fingerprint density at radius 2 is 1.79 bits per heavy atom. The maximum absolute atomic E-state index is 11.4. The molecule has 0 spiro atoms. The van der Waals surface area contributed by atoms with Gasteiger partial charge in [-0.1, -0.05) is 0 Å². The quantitative estimate of drug-likeness (QED) is 0.571. The number of Topliss-reactive ketones (excluding diaryl/α,β-unsaturated/α-hetero) is 1. The summed E-state index contributed by atoms with van der Waals surface area (Å²) in [5.41, 5.74) is 7.94. The highest BCUT2D eigenvalue weighted by Gasteiger charge is 2.10. The fourth-order valence-electron chi connectivity index (χ4n) is 1.84. The van der Waals surface area contributed by atoms with Crippen molar-refractivity contribution in [2.75, 3.05) is 51.2 Å². The van der Waals surface area contributed by atoms with Gasteiger partial charge in [0.15, 0.2) is 5.78 Å². The lowest BCUT2D eigenvalue weighted by molar-refractivity contribution is 0.101. The number of carbonyl (C=O) groups excluding carboxylic acids is 1. The van der Waals surface area contributed by atoms with E-state index in [0.717, 1.165) is 18.8 Å². The first kappa shape index (κ1) is 15.5. The van der Waals surface area contributed by atoms with E-state index in [2.05, 4.69) is 4.90 Å². The first-order valence-corrected chi connectivity index (χ1v) is 6.23. The Hall–Kier alpha value is -1.59. The number of ether oxygens (including phenoxy) is 2. The number of carbonyl (C=O) groups is 1. The number of anilines is 2. The van der Waals surface area contributed by atoms with Crippen molar-refractivity contribution in [3.8, 4) is 0 Å². The SMILES string of the molecule is COCCN(CCOC)c1ccc(C(C)=O)c(N)c1. The fraction of sp³-hybridized carbons (Fsp3) is 0.500. The number of nitrogens with zero attached hydrogens (tertiary/aromatic N) is 1. The molecule has 0 aliphatic rings. The van der Waals surface area contributed by atoms with Crippen molar-refractivity contribution < 1.29 is 14.3 Å². The summed E-state index contributed by atoms with van der Waals surface area (Å²) < 4.78 is 10.2. The van der Waals surface area contributed by atoms with E-state index in [4.69, 9.17) is 15.2 Å². The summed E-state index contributed by atoms with van der Waals surface area (Å²) >= 11 is 0. The maximum Gasteiger partial charge on any atom is 0.161 e. The molecular weight excluding hydrogens is 244 g/mol. The molecule has 0 aliphatic carbocycles. The molecule has 19 heavy (non-hydrogen) atoms. The summed E-state index contributed by atoms with van der Waals surface area (Å²) in [5, 5.41) is 0. The lowest BCUT2D eigenvalue weighted by atomic mass is 10.1. The first-order valence-electron chi connectivity index (χ1n) is 6.23. The zero-order valence-electron chi connectivity index (χ0n) is 11.8.